The zero-order valence-corrected chi connectivity index (χ0v) is 14.4. The Morgan fingerprint density at radius 2 is 1.92 bits per heavy atom. The highest BCUT2D eigenvalue weighted by atomic mass is 16.1. The fourth-order valence-electron chi connectivity index (χ4n) is 3.08. The summed E-state index contributed by atoms with van der Waals surface area (Å²) in [7, 11) is 0. The van der Waals surface area contributed by atoms with E-state index >= 15 is 0 Å². The van der Waals surface area contributed by atoms with Crippen LogP contribution in [-0.4, -0.2) is 22.0 Å². The monoisotopic (exact) mass is 321 g/mol. The van der Waals surface area contributed by atoms with Gasteiger partial charge in [-0.1, -0.05) is 30.3 Å². The molecule has 124 valence electrons. The lowest BCUT2D eigenvalue weighted by molar-refractivity contribution is 0.0954. The van der Waals surface area contributed by atoms with Gasteiger partial charge in [-0.05, 0) is 51.0 Å². The molecule has 0 bridgehead atoms. The number of carbonyl (C=O) groups is 1. The Kier molecular flexibility index (Phi) is 4.65. The Balaban J connectivity index is 1.71. The van der Waals surface area contributed by atoms with Crippen molar-refractivity contribution in [2.75, 3.05) is 6.54 Å². The lowest BCUT2D eigenvalue weighted by atomic mass is 10.1. The summed E-state index contributed by atoms with van der Waals surface area (Å²) in [5.41, 5.74) is 3.82. The number of aromatic nitrogens is 2. The average Bonchev–Trinajstić information content (AvgIpc) is 2.90. The Morgan fingerprint density at radius 1 is 1.17 bits per heavy atom. The van der Waals surface area contributed by atoms with Gasteiger partial charge < -0.3 is 9.88 Å². The first-order valence-electron chi connectivity index (χ1n) is 8.37. The smallest absolute Gasteiger partial charge is 0.251 e. The van der Waals surface area contributed by atoms with E-state index in [4.69, 9.17) is 0 Å². The van der Waals surface area contributed by atoms with Crippen LogP contribution in [0.2, 0.25) is 0 Å². The maximum atomic E-state index is 12.4. The maximum absolute atomic E-state index is 12.4. The second kappa shape index (κ2) is 6.87. The number of rotatable bonds is 5. The average molecular weight is 321 g/mol. The summed E-state index contributed by atoms with van der Waals surface area (Å²) in [4.78, 5) is 16.9. The molecule has 0 aliphatic carbocycles. The lowest BCUT2D eigenvalue weighted by Gasteiger charge is -2.11. The highest BCUT2D eigenvalue weighted by Crippen LogP contribution is 2.21. The van der Waals surface area contributed by atoms with Crippen molar-refractivity contribution in [3.8, 4) is 0 Å². The first-order chi connectivity index (χ1) is 11.6. The molecule has 0 aliphatic rings. The van der Waals surface area contributed by atoms with Crippen molar-refractivity contribution in [1.82, 2.24) is 14.9 Å². The predicted molar refractivity (Wildman–Crippen MR) is 97.3 cm³/mol. The molecule has 3 aromatic rings. The van der Waals surface area contributed by atoms with Crippen LogP contribution in [0.4, 0.5) is 0 Å². The molecule has 1 heterocycles. The van der Waals surface area contributed by atoms with Crippen molar-refractivity contribution in [2.24, 2.45) is 0 Å². The fourth-order valence-corrected chi connectivity index (χ4v) is 3.08. The SMILES string of the molecule is Cc1nc2cc(C(=O)NCCc3ccccc3)ccc2n1C(C)C. The van der Waals surface area contributed by atoms with E-state index in [1.165, 1.54) is 5.56 Å². The molecule has 3 rings (SSSR count). The van der Waals surface area contributed by atoms with Crippen LogP contribution in [0.3, 0.4) is 0 Å². The highest BCUT2D eigenvalue weighted by molar-refractivity contribution is 5.97. The van der Waals surface area contributed by atoms with Crippen molar-refractivity contribution in [3.63, 3.8) is 0 Å². The van der Waals surface area contributed by atoms with Gasteiger partial charge in [0.05, 0.1) is 11.0 Å². The van der Waals surface area contributed by atoms with Crippen LogP contribution in [0.25, 0.3) is 11.0 Å². The molecule has 1 aromatic heterocycles. The van der Waals surface area contributed by atoms with Gasteiger partial charge in [-0.15, -0.1) is 0 Å². The maximum Gasteiger partial charge on any atom is 0.251 e. The van der Waals surface area contributed by atoms with Crippen LogP contribution in [0.5, 0.6) is 0 Å². The Labute approximate surface area is 142 Å². The van der Waals surface area contributed by atoms with Crippen LogP contribution in [-0.2, 0) is 6.42 Å². The number of benzene rings is 2. The molecule has 0 fully saturated rings. The van der Waals surface area contributed by atoms with Gasteiger partial charge in [-0.25, -0.2) is 4.98 Å². The summed E-state index contributed by atoms with van der Waals surface area (Å²) >= 11 is 0. The zero-order chi connectivity index (χ0) is 17.1. The summed E-state index contributed by atoms with van der Waals surface area (Å²) in [5, 5.41) is 2.98. The van der Waals surface area contributed by atoms with Gasteiger partial charge in [0.15, 0.2) is 0 Å². The first kappa shape index (κ1) is 16.2. The fraction of sp³-hybridized carbons (Fsp3) is 0.300. The molecule has 4 nitrogen and oxygen atoms in total. The minimum absolute atomic E-state index is 0.0513. The Morgan fingerprint density at radius 3 is 2.62 bits per heavy atom. The Hall–Kier alpha value is -2.62. The Bertz CT molecular complexity index is 850. The molecular weight excluding hydrogens is 298 g/mol. The molecule has 0 aliphatic heterocycles. The summed E-state index contributed by atoms with van der Waals surface area (Å²) in [6.45, 7) is 6.90. The topological polar surface area (TPSA) is 46.9 Å². The summed E-state index contributed by atoms with van der Waals surface area (Å²) in [5.74, 6) is 0.922. The standard InChI is InChI=1S/C20H23N3O/c1-14(2)23-15(3)22-18-13-17(9-10-19(18)23)20(24)21-12-11-16-7-5-4-6-8-16/h4-10,13-14H,11-12H2,1-3H3,(H,21,24). The summed E-state index contributed by atoms with van der Waals surface area (Å²) in [6, 6.07) is 16.2. The number of nitrogens with one attached hydrogen (secondary N) is 1. The molecule has 24 heavy (non-hydrogen) atoms. The molecule has 2 aromatic carbocycles. The van der Waals surface area contributed by atoms with Gasteiger partial charge in [0, 0.05) is 18.2 Å². The van der Waals surface area contributed by atoms with Crippen LogP contribution >= 0.6 is 0 Å². The molecule has 0 saturated heterocycles. The van der Waals surface area contributed by atoms with E-state index in [1.54, 1.807) is 0 Å². The van der Waals surface area contributed by atoms with E-state index in [0.29, 0.717) is 18.2 Å². The number of hydrogen-bond donors (Lipinski definition) is 1. The number of carbonyl (C=O) groups excluding carboxylic acids is 1. The molecule has 0 atom stereocenters. The number of aryl methyl sites for hydroxylation is 1. The third-order valence-corrected chi connectivity index (χ3v) is 4.19. The van der Waals surface area contributed by atoms with Gasteiger partial charge >= 0.3 is 0 Å². The van der Waals surface area contributed by atoms with Crippen molar-refractivity contribution in [3.05, 3.63) is 65.5 Å². The normalized spacial score (nSPS) is 11.2. The zero-order valence-electron chi connectivity index (χ0n) is 14.4. The van der Waals surface area contributed by atoms with E-state index in [9.17, 15) is 4.79 Å². The number of imidazole rings is 1. The number of nitrogens with zero attached hydrogens (tertiary/aromatic N) is 2. The van der Waals surface area contributed by atoms with E-state index in [1.807, 2.05) is 43.3 Å². The van der Waals surface area contributed by atoms with Crippen LogP contribution in [0, 0.1) is 6.92 Å². The van der Waals surface area contributed by atoms with Gasteiger partial charge in [0.2, 0.25) is 0 Å². The van der Waals surface area contributed by atoms with E-state index in [0.717, 1.165) is 23.3 Å². The first-order valence-corrected chi connectivity index (χ1v) is 8.37. The predicted octanol–water partition coefficient (Wildman–Crippen LogP) is 3.90. The quantitative estimate of drug-likeness (QED) is 0.775. The number of amides is 1. The summed E-state index contributed by atoms with van der Waals surface area (Å²) < 4.78 is 2.19. The molecule has 1 N–H and O–H groups in total. The third-order valence-electron chi connectivity index (χ3n) is 4.19. The van der Waals surface area contributed by atoms with Gasteiger partial charge in [0.25, 0.3) is 5.91 Å². The third kappa shape index (κ3) is 3.32. The molecular formula is C20H23N3O. The van der Waals surface area contributed by atoms with Crippen LogP contribution in [0.1, 0.15) is 41.6 Å². The van der Waals surface area contributed by atoms with Crippen molar-refractivity contribution < 1.29 is 4.79 Å². The van der Waals surface area contributed by atoms with Crippen molar-refractivity contribution in [2.45, 2.75) is 33.2 Å². The summed E-state index contributed by atoms with van der Waals surface area (Å²) in [6.07, 6.45) is 0.829. The van der Waals surface area contributed by atoms with Gasteiger partial charge in [0.1, 0.15) is 5.82 Å². The largest absolute Gasteiger partial charge is 0.352 e. The molecule has 0 spiro atoms. The second-order valence-electron chi connectivity index (χ2n) is 6.32. The molecule has 0 saturated carbocycles. The van der Waals surface area contributed by atoms with Crippen LogP contribution < -0.4 is 5.32 Å². The molecule has 0 radical (unpaired) electrons. The van der Waals surface area contributed by atoms with Crippen LogP contribution in [0.15, 0.2) is 48.5 Å². The number of hydrogen-bond acceptors (Lipinski definition) is 2. The lowest BCUT2D eigenvalue weighted by Crippen LogP contribution is -2.25. The molecule has 1 amide bonds. The van der Waals surface area contributed by atoms with E-state index in [-0.39, 0.29) is 5.91 Å². The van der Waals surface area contributed by atoms with Gasteiger partial charge in [-0.2, -0.15) is 0 Å². The minimum Gasteiger partial charge on any atom is -0.352 e. The minimum atomic E-state index is -0.0513. The van der Waals surface area contributed by atoms with Crippen molar-refractivity contribution >= 4 is 16.9 Å². The van der Waals surface area contributed by atoms with E-state index < -0.39 is 0 Å². The van der Waals surface area contributed by atoms with Crippen molar-refractivity contribution in [1.29, 1.82) is 0 Å². The second-order valence-corrected chi connectivity index (χ2v) is 6.32. The number of fused-ring (bicyclic) bond motifs is 1. The molecule has 0 unspecified atom stereocenters. The van der Waals surface area contributed by atoms with E-state index in [2.05, 4.69) is 40.8 Å². The van der Waals surface area contributed by atoms with Gasteiger partial charge in [-0.3, -0.25) is 4.79 Å². The highest BCUT2D eigenvalue weighted by Gasteiger charge is 2.13. The molecule has 4 heteroatoms.